The SMILES string of the molecule is Cc1ccc(NS(=O)(=O)c2c(C)n[nH]c2C)c(C)c1N. The molecule has 0 unspecified atom stereocenters. The summed E-state index contributed by atoms with van der Waals surface area (Å²) in [5.41, 5.74) is 9.57. The highest BCUT2D eigenvalue weighted by molar-refractivity contribution is 7.92. The van der Waals surface area contributed by atoms with Gasteiger partial charge in [-0.15, -0.1) is 0 Å². The van der Waals surface area contributed by atoms with Gasteiger partial charge in [-0.1, -0.05) is 6.07 Å². The van der Waals surface area contributed by atoms with Gasteiger partial charge in [-0.05, 0) is 44.9 Å². The number of aromatic amines is 1. The maximum atomic E-state index is 12.4. The quantitative estimate of drug-likeness (QED) is 0.754. The summed E-state index contributed by atoms with van der Waals surface area (Å²) >= 11 is 0. The minimum absolute atomic E-state index is 0.177. The number of rotatable bonds is 3. The van der Waals surface area contributed by atoms with Crippen molar-refractivity contribution in [1.29, 1.82) is 0 Å². The van der Waals surface area contributed by atoms with Gasteiger partial charge in [0.15, 0.2) is 0 Å². The van der Waals surface area contributed by atoms with Crippen molar-refractivity contribution in [2.45, 2.75) is 32.6 Å². The zero-order valence-electron chi connectivity index (χ0n) is 11.9. The van der Waals surface area contributed by atoms with Crippen LogP contribution in [-0.2, 0) is 10.0 Å². The van der Waals surface area contributed by atoms with E-state index in [1.54, 1.807) is 32.9 Å². The van der Waals surface area contributed by atoms with E-state index < -0.39 is 10.0 Å². The summed E-state index contributed by atoms with van der Waals surface area (Å²) in [4.78, 5) is 0.177. The highest BCUT2D eigenvalue weighted by Crippen LogP contribution is 2.27. The molecule has 6 nitrogen and oxygen atoms in total. The highest BCUT2D eigenvalue weighted by atomic mass is 32.2. The first-order valence-corrected chi connectivity index (χ1v) is 7.62. The van der Waals surface area contributed by atoms with E-state index in [2.05, 4.69) is 14.9 Å². The average Bonchev–Trinajstić information content (AvgIpc) is 2.70. The number of anilines is 2. The number of aryl methyl sites for hydroxylation is 3. The van der Waals surface area contributed by atoms with Gasteiger partial charge >= 0.3 is 0 Å². The molecule has 0 spiro atoms. The van der Waals surface area contributed by atoms with Gasteiger partial charge in [-0.2, -0.15) is 5.10 Å². The molecule has 1 aromatic carbocycles. The Bertz CT molecular complexity index is 743. The number of sulfonamides is 1. The number of benzene rings is 1. The standard InChI is InChI=1S/C13H18N4O2S/c1-7-5-6-11(8(2)12(7)14)17-20(18,19)13-9(3)15-16-10(13)4/h5-6,17H,14H2,1-4H3,(H,15,16). The van der Waals surface area contributed by atoms with Gasteiger partial charge in [0.1, 0.15) is 4.90 Å². The predicted molar refractivity (Wildman–Crippen MR) is 79.2 cm³/mol. The van der Waals surface area contributed by atoms with Gasteiger partial charge in [-0.25, -0.2) is 8.42 Å². The number of nitrogens with one attached hydrogen (secondary N) is 2. The number of nitrogens with two attached hydrogens (primary N) is 1. The van der Waals surface area contributed by atoms with Crippen LogP contribution in [0, 0.1) is 27.7 Å². The Morgan fingerprint density at radius 1 is 1.20 bits per heavy atom. The number of aromatic nitrogens is 2. The second-order valence-electron chi connectivity index (χ2n) is 4.84. The largest absolute Gasteiger partial charge is 0.398 e. The molecule has 0 bridgehead atoms. The molecule has 20 heavy (non-hydrogen) atoms. The van der Waals surface area contributed by atoms with Crippen LogP contribution >= 0.6 is 0 Å². The van der Waals surface area contributed by atoms with E-state index in [0.717, 1.165) is 5.56 Å². The van der Waals surface area contributed by atoms with E-state index in [1.165, 1.54) is 0 Å². The van der Waals surface area contributed by atoms with Crippen molar-refractivity contribution >= 4 is 21.4 Å². The van der Waals surface area contributed by atoms with Crippen molar-refractivity contribution in [3.63, 3.8) is 0 Å². The van der Waals surface area contributed by atoms with Gasteiger partial charge in [0.2, 0.25) is 0 Å². The summed E-state index contributed by atoms with van der Waals surface area (Å²) in [6, 6.07) is 3.50. The van der Waals surface area contributed by atoms with E-state index in [9.17, 15) is 8.42 Å². The monoisotopic (exact) mass is 294 g/mol. The average molecular weight is 294 g/mol. The van der Waals surface area contributed by atoms with Crippen molar-refractivity contribution in [3.8, 4) is 0 Å². The molecule has 108 valence electrons. The molecule has 0 fully saturated rings. The van der Waals surface area contributed by atoms with Crippen LogP contribution in [0.1, 0.15) is 22.5 Å². The summed E-state index contributed by atoms with van der Waals surface area (Å²) in [6.45, 7) is 6.99. The molecule has 0 aliphatic carbocycles. The minimum atomic E-state index is -3.68. The Morgan fingerprint density at radius 3 is 2.40 bits per heavy atom. The molecule has 0 aliphatic rings. The zero-order valence-corrected chi connectivity index (χ0v) is 12.7. The first-order valence-electron chi connectivity index (χ1n) is 6.14. The zero-order chi connectivity index (χ0) is 15.1. The van der Waals surface area contributed by atoms with E-state index in [0.29, 0.717) is 28.3 Å². The van der Waals surface area contributed by atoms with Gasteiger partial charge in [0, 0.05) is 5.69 Å². The van der Waals surface area contributed by atoms with Crippen molar-refractivity contribution in [2.75, 3.05) is 10.5 Å². The first kappa shape index (κ1) is 14.4. The lowest BCUT2D eigenvalue weighted by Crippen LogP contribution is -2.16. The van der Waals surface area contributed by atoms with Crippen LogP contribution in [0.5, 0.6) is 0 Å². The van der Waals surface area contributed by atoms with Crippen LogP contribution in [0.2, 0.25) is 0 Å². The maximum absolute atomic E-state index is 12.4. The lowest BCUT2D eigenvalue weighted by molar-refractivity contribution is 0.600. The summed E-state index contributed by atoms with van der Waals surface area (Å²) in [6.07, 6.45) is 0. The Hall–Kier alpha value is -2.02. The molecule has 7 heteroatoms. The summed E-state index contributed by atoms with van der Waals surface area (Å²) < 4.78 is 27.5. The molecule has 2 rings (SSSR count). The van der Waals surface area contributed by atoms with Crippen LogP contribution in [0.4, 0.5) is 11.4 Å². The third-order valence-corrected chi connectivity index (χ3v) is 4.93. The van der Waals surface area contributed by atoms with Crippen molar-refractivity contribution in [1.82, 2.24) is 10.2 Å². The molecule has 2 aromatic rings. The predicted octanol–water partition coefficient (Wildman–Crippen LogP) is 2.03. The first-order chi connectivity index (χ1) is 9.24. The van der Waals surface area contributed by atoms with E-state index in [-0.39, 0.29) is 4.90 Å². The van der Waals surface area contributed by atoms with Crippen LogP contribution in [0.3, 0.4) is 0 Å². The Balaban J connectivity index is 2.47. The summed E-state index contributed by atoms with van der Waals surface area (Å²) in [5.74, 6) is 0. The molecule has 4 N–H and O–H groups in total. The Morgan fingerprint density at radius 2 is 1.85 bits per heavy atom. The third-order valence-electron chi connectivity index (χ3n) is 3.31. The normalized spacial score (nSPS) is 11.6. The van der Waals surface area contributed by atoms with E-state index in [4.69, 9.17) is 5.73 Å². The van der Waals surface area contributed by atoms with Crippen LogP contribution in [0.25, 0.3) is 0 Å². The van der Waals surface area contributed by atoms with Gasteiger partial charge in [0.05, 0.1) is 17.1 Å². The molecule has 1 heterocycles. The lowest BCUT2D eigenvalue weighted by Gasteiger charge is -2.13. The van der Waals surface area contributed by atoms with Crippen LogP contribution < -0.4 is 10.5 Å². The fraction of sp³-hybridized carbons (Fsp3) is 0.308. The van der Waals surface area contributed by atoms with E-state index >= 15 is 0 Å². The molecule has 1 aromatic heterocycles. The number of nitrogens with zero attached hydrogens (tertiary/aromatic N) is 1. The van der Waals surface area contributed by atoms with E-state index in [1.807, 2.05) is 6.92 Å². The van der Waals surface area contributed by atoms with Gasteiger partial charge in [-0.3, -0.25) is 9.82 Å². The van der Waals surface area contributed by atoms with Crippen molar-refractivity contribution < 1.29 is 8.42 Å². The summed E-state index contributed by atoms with van der Waals surface area (Å²) in [7, 11) is -3.68. The number of hydrogen-bond acceptors (Lipinski definition) is 4. The smallest absolute Gasteiger partial charge is 0.265 e. The highest BCUT2D eigenvalue weighted by Gasteiger charge is 2.23. The topological polar surface area (TPSA) is 101 Å². The van der Waals surface area contributed by atoms with Gasteiger partial charge < -0.3 is 5.73 Å². The fourth-order valence-electron chi connectivity index (χ4n) is 2.11. The second kappa shape index (κ2) is 4.82. The fourth-order valence-corrected chi connectivity index (χ4v) is 3.60. The molecule has 0 atom stereocenters. The van der Waals surface area contributed by atoms with Crippen LogP contribution in [0.15, 0.2) is 17.0 Å². The third kappa shape index (κ3) is 2.36. The summed E-state index contributed by atoms with van der Waals surface area (Å²) in [5, 5.41) is 6.58. The molecular formula is C13H18N4O2S. The Kier molecular flexibility index (Phi) is 3.47. The maximum Gasteiger partial charge on any atom is 0.265 e. The van der Waals surface area contributed by atoms with Crippen LogP contribution in [-0.4, -0.2) is 18.6 Å². The molecule has 0 saturated heterocycles. The molecule has 0 radical (unpaired) electrons. The Labute approximate surface area is 118 Å². The number of hydrogen-bond donors (Lipinski definition) is 3. The second-order valence-corrected chi connectivity index (χ2v) is 6.46. The van der Waals surface area contributed by atoms with Crippen molar-refractivity contribution in [2.24, 2.45) is 0 Å². The van der Waals surface area contributed by atoms with Gasteiger partial charge in [0.25, 0.3) is 10.0 Å². The molecular weight excluding hydrogens is 276 g/mol. The molecule has 0 aliphatic heterocycles. The lowest BCUT2D eigenvalue weighted by atomic mass is 10.1. The number of H-pyrrole nitrogens is 1. The minimum Gasteiger partial charge on any atom is -0.398 e. The van der Waals surface area contributed by atoms with Crippen molar-refractivity contribution in [3.05, 3.63) is 34.6 Å². The number of nitrogen functional groups attached to an aromatic ring is 1. The molecule has 0 amide bonds. The molecule has 0 saturated carbocycles.